The number of aromatic carboxylic acids is 1. The topological polar surface area (TPSA) is 80.9 Å². The largest absolute Gasteiger partial charge is 0.545 e. The Morgan fingerprint density at radius 1 is 0.857 bits per heavy atom. The molecule has 0 N–H and O–H groups in total. The highest BCUT2D eigenvalue weighted by Gasteiger charge is 2.22. The van der Waals surface area contributed by atoms with Crippen LogP contribution >= 0.6 is 0 Å². The lowest BCUT2D eigenvalue weighted by atomic mass is 10.00. The molecule has 0 fully saturated rings. The number of carboxylic acid groups (broad SMARTS) is 1. The van der Waals surface area contributed by atoms with Crippen molar-refractivity contribution in [1.82, 2.24) is 0 Å². The zero-order valence-corrected chi connectivity index (χ0v) is 19.5. The molecule has 2 heterocycles. The highest BCUT2D eigenvalue weighted by atomic mass is 16.7. The molecule has 0 atom stereocenters. The summed E-state index contributed by atoms with van der Waals surface area (Å²) in [6, 6.07) is 20.5. The number of carbonyl (C=O) groups excluding carboxylic acids is 1. The first kappa shape index (κ1) is 22.3. The summed E-state index contributed by atoms with van der Waals surface area (Å²) in [6.45, 7) is 0.273. The Morgan fingerprint density at radius 2 is 1.57 bits per heavy atom. The predicted molar refractivity (Wildman–Crippen MR) is 130 cm³/mol. The molecule has 7 heteroatoms. The zero-order chi connectivity index (χ0) is 24.5. The van der Waals surface area contributed by atoms with Crippen molar-refractivity contribution >= 4 is 38.4 Å². The third kappa shape index (κ3) is 3.91. The molecule has 0 unspecified atom stereocenters. The van der Waals surface area contributed by atoms with Crippen LogP contribution in [0.2, 0.25) is 0 Å². The minimum atomic E-state index is -1.13. The van der Waals surface area contributed by atoms with Crippen molar-refractivity contribution in [2.24, 2.45) is 7.05 Å². The van der Waals surface area contributed by atoms with Crippen molar-refractivity contribution in [3.63, 3.8) is 0 Å². The molecule has 0 aliphatic carbocycles. The number of fused-ring (bicyclic) bond motifs is 6. The summed E-state index contributed by atoms with van der Waals surface area (Å²) in [4.78, 5) is 10.1. The molecule has 0 radical (unpaired) electrons. The van der Waals surface area contributed by atoms with Crippen LogP contribution in [-0.2, 0) is 7.05 Å². The molecular formula is C28H23NO6. The fourth-order valence-corrected chi connectivity index (χ4v) is 4.44. The normalized spacial score (nSPS) is 11.9. The van der Waals surface area contributed by atoms with Crippen LogP contribution in [0.4, 0.5) is 0 Å². The van der Waals surface area contributed by atoms with Crippen LogP contribution in [0.1, 0.15) is 10.4 Å². The lowest BCUT2D eigenvalue weighted by Gasteiger charge is -2.12. The van der Waals surface area contributed by atoms with Crippen LogP contribution in [0.15, 0.2) is 72.9 Å². The highest BCUT2D eigenvalue weighted by molar-refractivity contribution is 6.15. The summed E-state index contributed by atoms with van der Waals surface area (Å²) >= 11 is 0. The smallest absolute Gasteiger partial charge is 0.231 e. The van der Waals surface area contributed by atoms with E-state index in [-0.39, 0.29) is 12.4 Å². The Bertz CT molecular complexity index is 1580. The summed E-state index contributed by atoms with van der Waals surface area (Å²) in [5.74, 6) is 1.93. The first-order chi connectivity index (χ1) is 17.0. The second-order valence-corrected chi connectivity index (χ2v) is 8.04. The van der Waals surface area contributed by atoms with Gasteiger partial charge >= 0.3 is 0 Å². The maximum atomic E-state index is 10.1. The minimum Gasteiger partial charge on any atom is -0.545 e. The molecular weight excluding hydrogens is 446 g/mol. The van der Waals surface area contributed by atoms with Gasteiger partial charge in [0.25, 0.3) is 0 Å². The number of nitrogens with zero attached hydrogens (tertiary/aromatic N) is 1. The van der Waals surface area contributed by atoms with Crippen LogP contribution in [0.3, 0.4) is 0 Å². The van der Waals surface area contributed by atoms with Crippen LogP contribution in [0.5, 0.6) is 23.0 Å². The molecule has 35 heavy (non-hydrogen) atoms. The van der Waals surface area contributed by atoms with Gasteiger partial charge in [0.2, 0.25) is 12.3 Å². The second kappa shape index (κ2) is 9.02. The first-order valence-corrected chi connectivity index (χ1v) is 11.0. The number of ether oxygens (including phenoxy) is 4. The second-order valence-electron chi connectivity index (χ2n) is 8.04. The van der Waals surface area contributed by atoms with E-state index in [1.54, 1.807) is 32.4 Å². The number of carboxylic acids is 1. The van der Waals surface area contributed by atoms with E-state index < -0.39 is 5.97 Å². The summed E-state index contributed by atoms with van der Waals surface area (Å²) in [5, 5.41) is 15.6. The Hall–Kier alpha value is -4.52. The zero-order valence-electron chi connectivity index (χ0n) is 19.5. The van der Waals surface area contributed by atoms with Crippen molar-refractivity contribution in [1.29, 1.82) is 0 Å². The Labute approximate surface area is 201 Å². The van der Waals surface area contributed by atoms with E-state index in [1.807, 2.05) is 19.2 Å². The van der Waals surface area contributed by atoms with E-state index >= 15 is 0 Å². The summed E-state index contributed by atoms with van der Waals surface area (Å²) in [7, 11) is 5.37. The van der Waals surface area contributed by atoms with Crippen LogP contribution in [0.25, 0.3) is 32.4 Å². The standard InChI is InChI=1S/C21H18NO4.C7H6O2/c1-22-10-16-13(6-7-17(23-2)21(16)24-3)14-5-4-12-8-18-19(26-11-25-18)9-15(12)20(14)22;8-7(9)6-4-2-1-3-5-6/h4-10H,11H2,1-3H3;1-5H,(H,8,9)/q+1;/p-1. The molecule has 0 spiro atoms. The minimum absolute atomic E-state index is 0.220. The van der Waals surface area contributed by atoms with Crippen LogP contribution in [-0.4, -0.2) is 27.0 Å². The average molecular weight is 469 g/mol. The van der Waals surface area contributed by atoms with Gasteiger partial charge in [0.05, 0.1) is 36.3 Å². The third-order valence-electron chi connectivity index (χ3n) is 6.04. The van der Waals surface area contributed by atoms with E-state index in [4.69, 9.17) is 18.9 Å². The van der Waals surface area contributed by atoms with E-state index in [0.717, 1.165) is 55.4 Å². The molecule has 1 aliphatic heterocycles. The number of hydrogen-bond acceptors (Lipinski definition) is 6. The number of aryl methyl sites for hydroxylation is 1. The van der Waals surface area contributed by atoms with Gasteiger partial charge in [-0.2, -0.15) is 4.57 Å². The first-order valence-electron chi connectivity index (χ1n) is 11.0. The van der Waals surface area contributed by atoms with Gasteiger partial charge in [0.15, 0.2) is 29.2 Å². The predicted octanol–water partition coefficient (Wildman–Crippen LogP) is 3.77. The molecule has 1 aliphatic rings. The molecule has 6 rings (SSSR count). The molecule has 0 amide bonds. The van der Waals surface area contributed by atoms with Gasteiger partial charge in [-0.3, -0.25) is 0 Å². The maximum absolute atomic E-state index is 10.1. The van der Waals surface area contributed by atoms with Gasteiger partial charge in [0, 0.05) is 5.39 Å². The number of hydrogen-bond donors (Lipinski definition) is 0. The van der Waals surface area contributed by atoms with E-state index in [2.05, 4.69) is 35.0 Å². The third-order valence-corrected chi connectivity index (χ3v) is 6.04. The van der Waals surface area contributed by atoms with E-state index in [9.17, 15) is 9.90 Å². The van der Waals surface area contributed by atoms with Gasteiger partial charge in [-0.05, 0) is 41.3 Å². The number of rotatable bonds is 3. The Kier molecular flexibility index (Phi) is 5.74. The lowest BCUT2D eigenvalue weighted by molar-refractivity contribution is -0.642. The SMILES string of the molecule is COc1ccc2c(c[n+](C)c3c4cc5c(cc4ccc23)OCO5)c1OC.O=C([O-])c1ccccc1. The molecule has 1 aromatic heterocycles. The Morgan fingerprint density at radius 3 is 2.23 bits per heavy atom. The fraction of sp³-hybridized carbons (Fsp3) is 0.143. The number of methoxy groups -OCH3 is 2. The lowest BCUT2D eigenvalue weighted by Crippen LogP contribution is -2.28. The van der Waals surface area contributed by atoms with Gasteiger partial charge < -0.3 is 28.8 Å². The van der Waals surface area contributed by atoms with Gasteiger partial charge in [-0.15, -0.1) is 0 Å². The molecule has 7 nitrogen and oxygen atoms in total. The highest BCUT2D eigenvalue weighted by Crippen LogP contribution is 2.41. The molecule has 176 valence electrons. The fourth-order valence-electron chi connectivity index (χ4n) is 4.44. The number of benzene rings is 4. The van der Waals surface area contributed by atoms with E-state index in [1.165, 1.54) is 12.1 Å². The summed E-state index contributed by atoms with van der Waals surface area (Å²) in [6.07, 6.45) is 2.09. The molecule has 4 aromatic carbocycles. The van der Waals surface area contributed by atoms with Gasteiger partial charge in [-0.25, -0.2) is 0 Å². The molecule has 0 bridgehead atoms. The van der Waals surface area contributed by atoms with Crippen molar-refractivity contribution in [2.45, 2.75) is 0 Å². The maximum Gasteiger partial charge on any atom is 0.231 e. The summed E-state index contributed by atoms with van der Waals surface area (Å²) < 4.78 is 24.3. The molecule has 5 aromatic rings. The number of pyridine rings is 1. The quantitative estimate of drug-likeness (QED) is 0.296. The molecule has 0 saturated heterocycles. The van der Waals surface area contributed by atoms with Crippen molar-refractivity contribution in [3.8, 4) is 23.0 Å². The van der Waals surface area contributed by atoms with Gasteiger partial charge in [-0.1, -0.05) is 36.4 Å². The number of aromatic nitrogens is 1. The van der Waals surface area contributed by atoms with Crippen molar-refractivity contribution in [2.75, 3.05) is 21.0 Å². The van der Waals surface area contributed by atoms with Gasteiger partial charge in [0.1, 0.15) is 7.05 Å². The Balaban J connectivity index is 0.000000239. The van der Waals surface area contributed by atoms with Crippen molar-refractivity contribution < 1.29 is 33.4 Å². The monoisotopic (exact) mass is 469 g/mol. The van der Waals surface area contributed by atoms with Crippen LogP contribution < -0.4 is 28.6 Å². The number of carbonyl (C=O) groups is 1. The van der Waals surface area contributed by atoms with Crippen molar-refractivity contribution in [3.05, 3.63) is 78.5 Å². The van der Waals surface area contributed by atoms with E-state index in [0.29, 0.717) is 0 Å². The average Bonchev–Trinajstić information content (AvgIpc) is 3.34. The van der Waals surface area contributed by atoms with Crippen LogP contribution in [0, 0.1) is 0 Å². The molecule has 0 saturated carbocycles. The summed E-state index contributed by atoms with van der Waals surface area (Å²) in [5.41, 5.74) is 1.36.